The summed E-state index contributed by atoms with van der Waals surface area (Å²) >= 11 is 0. The molecule has 0 aromatic carbocycles. The molecule has 0 saturated carbocycles. The molecule has 0 radical (unpaired) electrons. The van der Waals surface area contributed by atoms with Crippen molar-refractivity contribution in [1.82, 2.24) is 10.2 Å². The zero-order valence-electron chi connectivity index (χ0n) is 11.3. The van der Waals surface area contributed by atoms with Crippen LogP contribution in [0.2, 0.25) is 0 Å². The lowest BCUT2D eigenvalue weighted by molar-refractivity contribution is 0.194. The molecule has 0 spiro atoms. The van der Waals surface area contributed by atoms with E-state index in [1.54, 1.807) is 0 Å². The molecule has 1 aliphatic rings. The van der Waals surface area contributed by atoms with E-state index in [0.717, 1.165) is 25.9 Å². The summed E-state index contributed by atoms with van der Waals surface area (Å²) in [7, 11) is -2.87. The quantitative estimate of drug-likeness (QED) is 0.772. The molecule has 17 heavy (non-hydrogen) atoms. The van der Waals surface area contributed by atoms with E-state index in [2.05, 4.69) is 17.1 Å². The molecule has 0 aliphatic carbocycles. The van der Waals surface area contributed by atoms with Crippen molar-refractivity contribution in [2.75, 3.05) is 31.6 Å². The summed E-state index contributed by atoms with van der Waals surface area (Å²) in [6.45, 7) is 7.62. The molecule has 4 nitrogen and oxygen atoms in total. The number of hydrogen-bond donors (Lipinski definition) is 1. The number of nitrogens with zero attached hydrogens (tertiary/aromatic N) is 1. The number of hydrogen-bond acceptors (Lipinski definition) is 4. The van der Waals surface area contributed by atoms with Gasteiger partial charge < -0.3 is 10.2 Å². The van der Waals surface area contributed by atoms with Crippen LogP contribution in [0.3, 0.4) is 0 Å². The van der Waals surface area contributed by atoms with Crippen LogP contribution in [0, 0.1) is 0 Å². The molecular formula is C12H26N2O2S. The third-order valence-corrected chi connectivity index (χ3v) is 4.31. The molecule has 1 heterocycles. The van der Waals surface area contributed by atoms with Crippen LogP contribution in [0.15, 0.2) is 0 Å². The smallest absolute Gasteiger partial charge is 0.148 e. The molecule has 102 valence electrons. The van der Waals surface area contributed by atoms with Gasteiger partial charge in [0.2, 0.25) is 0 Å². The third-order valence-electron chi connectivity index (χ3n) is 3.20. The lowest BCUT2D eigenvalue weighted by Gasteiger charge is -2.33. The average Bonchev–Trinajstić information content (AvgIpc) is 2.18. The maximum Gasteiger partial charge on any atom is 0.148 e. The molecule has 5 heteroatoms. The Morgan fingerprint density at radius 1 is 1.35 bits per heavy atom. The zero-order chi connectivity index (χ0) is 12.9. The highest BCUT2D eigenvalue weighted by atomic mass is 32.2. The van der Waals surface area contributed by atoms with Gasteiger partial charge in [-0.3, -0.25) is 0 Å². The van der Waals surface area contributed by atoms with Gasteiger partial charge in [0.25, 0.3) is 0 Å². The molecule has 0 amide bonds. The summed E-state index contributed by atoms with van der Waals surface area (Å²) in [6, 6.07) is 0.549. The Morgan fingerprint density at radius 2 is 1.94 bits per heavy atom. The summed E-state index contributed by atoms with van der Waals surface area (Å²) in [5, 5.41) is 3.43. The van der Waals surface area contributed by atoms with Gasteiger partial charge in [-0.2, -0.15) is 0 Å². The first kappa shape index (κ1) is 14.9. The second-order valence-corrected chi connectivity index (χ2v) is 7.46. The number of rotatable bonds is 6. The fourth-order valence-electron chi connectivity index (χ4n) is 2.54. The van der Waals surface area contributed by atoms with Crippen LogP contribution in [-0.4, -0.2) is 57.0 Å². The maximum atomic E-state index is 11.2. The maximum absolute atomic E-state index is 11.2. The Hall–Kier alpha value is -0.130. The van der Waals surface area contributed by atoms with Gasteiger partial charge in [-0.1, -0.05) is 6.92 Å². The van der Waals surface area contributed by atoms with E-state index in [0.29, 0.717) is 6.04 Å². The number of piperidine rings is 1. The predicted molar refractivity (Wildman–Crippen MR) is 72.1 cm³/mol. The van der Waals surface area contributed by atoms with Gasteiger partial charge in [-0.05, 0) is 45.8 Å². The highest BCUT2D eigenvalue weighted by molar-refractivity contribution is 7.90. The normalized spacial score (nSPS) is 21.6. The summed E-state index contributed by atoms with van der Waals surface area (Å²) in [5.41, 5.74) is 0. The van der Waals surface area contributed by atoms with Gasteiger partial charge >= 0.3 is 0 Å². The highest BCUT2D eigenvalue weighted by Gasteiger charge is 2.20. The summed E-state index contributed by atoms with van der Waals surface area (Å²) in [6.07, 6.45) is 4.78. The molecule has 1 fully saturated rings. The lowest BCUT2D eigenvalue weighted by atomic mass is 10.0. The first-order chi connectivity index (χ1) is 7.90. The Morgan fingerprint density at radius 3 is 2.41 bits per heavy atom. The molecule has 1 aliphatic heterocycles. The Bertz CT molecular complexity index is 308. The van der Waals surface area contributed by atoms with E-state index >= 15 is 0 Å². The molecule has 1 saturated heterocycles. The summed E-state index contributed by atoms with van der Waals surface area (Å²) < 4.78 is 22.3. The topological polar surface area (TPSA) is 49.4 Å². The van der Waals surface area contributed by atoms with Gasteiger partial charge in [0.05, 0.1) is 5.75 Å². The monoisotopic (exact) mass is 262 g/mol. The van der Waals surface area contributed by atoms with Crippen molar-refractivity contribution < 1.29 is 8.42 Å². The van der Waals surface area contributed by atoms with Crippen molar-refractivity contribution in [3.05, 3.63) is 0 Å². The van der Waals surface area contributed by atoms with Gasteiger partial charge in [-0.15, -0.1) is 0 Å². The summed E-state index contributed by atoms with van der Waals surface area (Å²) in [4.78, 5) is 2.49. The van der Waals surface area contributed by atoms with Crippen molar-refractivity contribution in [3.63, 3.8) is 0 Å². The zero-order valence-corrected chi connectivity index (χ0v) is 12.1. The highest BCUT2D eigenvalue weighted by Crippen LogP contribution is 2.11. The Labute approximate surface area is 106 Å². The van der Waals surface area contributed by atoms with Crippen molar-refractivity contribution in [2.24, 2.45) is 0 Å². The van der Waals surface area contributed by atoms with E-state index in [-0.39, 0.29) is 11.8 Å². The van der Waals surface area contributed by atoms with Gasteiger partial charge in [0, 0.05) is 18.3 Å². The van der Waals surface area contributed by atoms with Crippen LogP contribution >= 0.6 is 0 Å². The SMILES string of the molecule is CCCN1CCC(NC(C)CS(C)(=O)=O)CC1. The first-order valence-corrected chi connectivity index (χ1v) is 8.63. The molecular weight excluding hydrogens is 236 g/mol. The van der Waals surface area contributed by atoms with Gasteiger partial charge in [0.1, 0.15) is 9.84 Å². The molecule has 1 rings (SSSR count). The van der Waals surface area contributed by atoms with Crippen molar-refractivity contribution in [1.29, 1.82) is 0 Å². The molecule has 0 aromatic heterocycles. The third kappa shape index (κ3) is 6.38. The fourth-order valence-corrected chi connectivity index (χ4v) is 3.55. The number of likely N-dealkylation sites (tertiary alicyclic amines) is 1. The van der Waals surface area contributed by atoms with E-state index in [1.165, 1.54) is 19.2 Å². The fraction of sp³-hybridized carbons (Fsp3) is 1.00. The van der Waals surface area contributed by atoms with E-state index in [9.17, 15) is 8.42 Å². The summed E-state index contributed by atoms with van der Waals surface area (Å²) in [5.74, 6) is 0.238. The van der Waals surface area contributed by atoms with Crippen LogP contribution in [0.25, 0.3) is 0 Å². The second-order valence-electron chi connectivity index (χ2n) is 5.28. The van der Waals surface area contributed by atoms with Crippen molar-refractivity contribution >= 4 is 9.84 Å². The largest absolute Gasteiger partial charge is 0.310 e. The second kappa shape index (κ2) is 6.71. The predicted octanol–water partition coefficient (Wildman–Crippen LogP) is 0.884. The average molecular weight is 262 g/mol. The first-order valence-electron chi connectivity index (χ1n) is 6.57. The van der Waals surface area contributed by atoms with E-state index in [1.807, 2.05) is 6.92 Å². The number of nitrogens with one attached hydrogen (secondary N) is 1. The van der Waals surface area contributed by atoms with Crippen LogP contribution in [0.1, 0.15) is 33.1 Å². The van der Waals surface area contributed by atoms with Gasteiger partial charge in [0.15, 0.2) is 0 Å². The van der Waals surface area contributed by atoms with E-state index < -0.39 is 9.84 Å². The molecule has 0 bridgehead atoms. The Balaban J connectivity index is 2.26. The molecule has 1 atom stereocenters. The molecule has 1 unspecified atom stereocenters. The van der Waals surface area contributed by atoms with Crippen LogP contribution in [-0.2, 0) is 9.84 Å². The van der Waals surface area contributed by atoms with Crippen LogP contribution < -0.4 is 5.32 Å². The molecule has 1 N–H and O–H groups in total. The minimum atomic E-state index is -2.87. The van der Waals surface area contributed by atoms with Crippen LogP contribution in [0.4, 0.5) is 0 Å². The van der Waals surface area contributed by atoms with Gasteiger partial charge in [-0.25, -0.2) is 8.42 Å². The van der Waals surface area contributed by atoms with E-state index in [4.69, 9.17) is 0 Å². The van der Waals surface area contributed by atoms with Crippen molar-refractivity contribution in [2.45, 2.75) is 45.2 Å². The Kier molecular flexibility index (Phi) is 5.89. The minimum absolute atomic E-state index is 0.0627. The number of sulfone groups is 1. The standard InChI is InChI=1S/C12H26N2O2S/c1-4-7-14-8-5-12(6-9-14)13-11(2)10-17(3,15)16/h11-13H,4-10H2,1-3H3. The van der Waals surface area contributed by atoms with Crippen molar-refractivity contribution in [3.8, 4) is 0 Å². The minimum Gasteiger partial charge on any atom is -0.310 e. The lowest BCUT2D eigenvalue weighted by Crippen LogP contribution is -2.47. The van der Waals surface area contributed by atoms with Crippen LogP contribution in [0.5, 0.6) is 0 Å². The molecule has 0 aromatic rings.